The van der Waals surface area contributed by atoms with Crippen LogP contribution >= 0.6 is 0 Å². The van der Waals surface area contributed by atoms with E-state index < -0.39 is 9.84 Å². The largest absolute Gasteiger partial charge is 0.366 e. The summed E-state index contributed by atoms with van der Waals surface area (Å²) >= 11 is 0. The van der Waals surface area contributed by atoms with Crippen LogP contribution in [0.2, 0.25) is 0 Å². The van der Waals surface area contributed by atoms with Crippen molar-refractivity contribution < 1.29 is 8.42 Å². The second-order valence-electron chi connectivity index (χ2n) is 3.46. The number of aromatic nitrogens is 1. The minimum atomic E-state index is -2.81. The van der Waals surface area contributed by atoms with Crippen molar-refractivity contribution in [2.24, 2.45) is 0 Å². The van der Waals surface area contributed by atoms with E-state index in [1.165, 1.54) is 0 Å². The lowest BCUT2D eigenvalue weighted by molar-refractivity contribution is 0.602. The molecule has 0 aliphatic carbocycles. The molecular weight excluding hydrogens is 200 g/mol. The van der Waals surface area contributed by atoms with Gasteiger partial charge in [0.05, 0.1) is 11.5 Å². The molecule has 1 N–H and O–H groups in total. The molecule has 1 fully saturated rings. The number of nitrogens with zero attached hydrogens (tertiary/aromatic N) is 1. The van der Waals surface area contributed by atoms with Gasteiger partial charge >= 0.3 is 0 Å². The Bertz CT molecular complexity index is 402. The Morgan fingerprint density at radius 1 is 1.43 bits per heavy atom. The maximum absolute atomic E-state index is 11.2. The lowest BCUT2D eigenvalue weighted by Gasteiger charge is -2.10. The standard InChI is InChI=1S/C9H12N2O2S/c12-14(13)6-4-8(7-14)11-9-3-1-2-5-10-9/h1-3,5,8H,4,6-7H2,(H,10,11)/t8-/m0/s1. The molecule has 1 aromatic rings. The molecule has 0 bridgehead atoms. The normalized spacial score (nSPS) is 24.7. The van der Waals surface area contributed by atoms with Crippen molar-refractivity contribution in [3.05, 3.63) is 24.4 Å². The molecule has 0 radical (unpaired) electrons. The molecule has 4 nitrogen and oxygen atoms in total. The highest BCUT2D eigenvalue weighted by Gasteiger charge is 2.27. The minimum absolute atomic E-state index is 0.0231. The SMILES string of the molecule is O=S1(=O)CC[C@H](Nc2ccccn2)C1. The zero-order chi connectivity index (χ0) is 10.0. The lowest BCUT2D eigenvalue weighted by atomic mass is 10.2. The molecular formula is C9H12N2O2S. The summed E-state index contributed by atoms with van der Waals surface area (Å²) < 4.78 is 22.3. The van der Waals surface area contributed by atoms with Gasteiger partial charge in [-0.1, -0.05) is 6.07 Å². The molecule has 5 heteroatoms. The van der Waals surface area contributed by atoms with Crippen molar-refractivity contribution in [3.8, 4) is 0 Å². The molecule has 1 atom stereocenters. The molecule has 2 rings (SSSR count). The minimum Gasteiger partial charge on any atom is -0.366 e. The Morgan fingerprint density at radius 2 is 2.29 bits per heavy atom. The van der Waals surface area contributed by atoms with Crippen molar-refractivity contribution in [2.75, 3.05) is 16.8 Å². The average molecular weight is 212 g/mol. The number of pyridine rings is 1. The van der Waals surface area contributed by atoms with Gasteiger partial charge in [-0.3, -0.25) is 0 Å². The third kappa shape index (κ3) is 2.23. The molecule has 0 unspecified atom stereocenters. The number of nitrogens with one attached hydrogen (secondary N) is 1. The van der Waals surface area contributed by atoms with Crippen molar-refractivity contribution >= 4 is 15.7 Å². The van der Waals surface area contributed by atoms with E-state index in [1.54, 1.807) is 6.20 Å². The Morgan fingerprint density at radius 3 is 2.86 bits per heavy atom. The number of sulfone groups is 1. The zero-order valence-electron chi connectivity index (χ0n) is 7.68. The molecule has 1 aliphatic heterocycles. The molecule has 1 saturated heterocycles. The van der Waals surface area contributed by atoms with Gasteiger partial charge in [0.2, 0.25) is 0 Å². The molecule has 0 aromatic carbocycles. The molecule has 0 spiro atoms. The van der Waals surface area contributed by atoms with Crippen LogP contribution in [-0.4, -0.2) is 30.9 Å². The first-order chi connectivity index (χ1) is 6.66. The summed E-state index contributed by atoms with van der Waals surface area (Å²) in [5.41, 5.74) is 0. The topological polar surface area (TPSA) is 59.1 Å². The molecule has 1 aliphatic rings. The van der Waals surface area contributed by atoms with Crippen LogP contribution in [0.1, 0.15) is 6.42 Å². The molecule has 76 valence electrons. The van der Waals surface area contributed by atoms with Gasteiger partial charge in [-0.2, -0.15) is 0 Å². The number of anilines is 1. The molecule has 0 amide bonds. The van der Waals surface area contributed by atoms with Gasteiger partial charge < -0.3 is 5.32 Å². The van der Waals surface area contributed by atoms with Crippen LogP contribution in [0.3, 0.4) is 0 Å². The molecule has 2 heterocycles. The predicted octanol–water partition coefficient (Wildman–Crippen LogP) is 0.681. The van der Waals surface area contributed by atoms with E-state index in [0.717, 1.165) is 5.82 Å². The maximum atomic E-state index is 11.2. The maximum Gasteiger partial charge on any atom is 0.152 e. The second-order valence-corrected chi connectivity index (χ2v) is 5.69. The van der Waals surface area contributed by atoms with Gasteiger partial charge in [-0.15, -0.1) is 0 Å². The third-order valence-corrected chi connectivity index (χ3v) is 4.02. The predicted molar refractivity (Wildman–Crippen MR) is 54.9 cm³/mol. The molecule has 1 aromatic heterocycles. The summed E-state index contributed by atoms with van der Waals surface area (Å²) in [4.78, 5) is 4.08. The summed E-state index contributed by atoms with van der Waals surface area (Å²) in [6, 6.07) is 5.57. The quantitative estimate of drug-likeness (QED) is 0.783. The van der Waals surface area contributed by atoms with E-state index in [2.05, 4.69) is 10.3 Å². The molecule has 14 heavy (non-hydrogen) atoms. The van der Waals surface area contributed by atoms with Crippen LogP contribution in [0.15, 0.2) is 24.4 Å². The number of hydrogen-bond donors (Lipinski definition) is 1. The van der Waals surface area contributed by atoms with Crippen molar-refractivity contribution in [1.82, 2.24) is 4.98 Å². The summed E-state index contributed by atoms with van der Waals surface area (Å²) in [7, 11) is -2.81. The van der Waals surface area contributed by atoms with Crippen molar-refractivity contribution in [1.29, 1.82) is 0 Å². The second kappa shape index (κ2) is 3.57. The van der Waals surface area contributed by atoms with Gasteiger partial charge in [0.1, 0.15) is 5.82 Å². The van der Waals surface area contributed by atoms with Crippen LogP contribution in [0.5, 0.6) is 0 Å². The Hall–Kier alpha value is -1.10. The van der Waals surface area contributed by atoms with Gasteiger partial charge in [-0.05, 0) is 18.6 Å². The molecule has 0 saturated carbocycles. The van der Waals surface area contributed by atoms with E-state index in [1.807, 2.05) is 18.2 Å². The first kappa shape index (κ1) is 9.45. The highest BCUT2D eigenvalue weighted by molar-refractivity contribution is 7.91. The highest BCUT2D eigenvalue weighted by Crippen LogP contribution is 2.15. The highest BCUT2D eigenvalue weighted by atomic mass is 32.2. The zero-order valence-corrected chi connectivity index (χ0v) is 8.50. The van der Waals surface area contributed by atoms with Gasteiger partial charge in [-0.25, -0.2) is 13.4 Å². The fourth-order valence-corrected chi connectivity index (χ4v) is 3.24. The van der Waals surface area contributed by atoms with Crippen LogP contribution in [0.4, 0.5) is 5.82 Å². The van der Waals surface area contributed by atoms with E-state index >= 15 is 0 Å². The fourth-order valence-electron chi connectivity index (χ4n) is 1.57. The number of hydrogen-bond acceptors (Lipinski definition) is 4. The summed E-state index contributed by atoms with van der Waals surface area (Å²) in [6.07, 6.45) is 2.37. The average Bonchev–Trinajstić information content (AvgIpc) is 2.47. The van der Waals surface area contributed by atoms with E-state index in [0.29, 0.717) is 6.42 Å². The van der Waals surface area contributed by atoms with Gasteiger partial charge in [0.25, 0.3) is 0 Å². The van der Waals surface area contributed by atoms with E-state index in [9.17, 15) is 8.42 Å². The van der Waals surface area contributed by atoms with Gasteiger partial charge in [0.15, 0.2) is 9.84 Å². The monoisotopic (exact) mass is 212 g/mol. The van der Waals surface area contributed by atoms with Gasteiger partial charge in [0, 0.05) is 12.2 Å². The Balaban J connectivity index is 2.01. The summed E-state index contributed by atoms with van der Waals surface area (Å²) in [5, 5.41) is 3.11. The third-order valence-electron chi connectivity index (χ3n) is 2.25. The summed E-state index contributed by atoms with van der Waals surface area (Å²) in [6.45, 7) is 0. The van der Waals surface area contributed by atoms with E-state index in [-0.39, 0.29) is 17.5 Å². The van der Waals surface area contributed by atoms with Crippen molar-refractivity contribution in [2.45, 2.75) is 12.5 Å². The van der Waals surface area contributed by atoms with Crippen LogP contribution in [0, 0.1) is 0 Å². The van der Waals surface area contributed by atoms with Crippen LogP contribution in [-0.2, 0) is 9.84 Å². The smallest absolute Gasteiger partial charge is 0.152 e. The fraction of sp³-hybridized carbons (Fsp3) is 0.444. The van der Waals surface area contributed by atoms with Crippen LogP contribution < -0.4 is 5.32 Å². The Labute approximate surface area is 83.3 Å². The first-order valence-corrected chi connectivity index (χ1v) is 6.36. The first-order valence-electron chi connectivity index (χ1n) is 4.54. The van der Waals surface area contributed by atoms with E-state index in [4.69, 9.17) is 0 Å². The van der Waals surface area contributed by atoms with Crippen LogP contribution in [0.25, 0.3) is 0 Å². The number of rotatable bonds is 2. The lowest BCUT2D eigenvalue weighted by Crippen LogP contribution is -2.20. The Kier molecular flexibility index (Phi) is 2.41. The summed E-state index contributed by atoms with van der Waals surface area (Å²) in [5.74, 6) is 1.26. The van der Waals surface area contributed by atoms with Crippen molar-refractivity contribution in [3.63, 3.8) is 0 Å².